The second-order valence-electron chi connectivity index (χ2n) is 5.33. The Bertz CT molecular complexity index is 604. The molecule has 0 radical (unpaired) electrons. The van der Waals surface area contributed by atoms with Crippen LogP contribution in [0.15, 0.2) is 18.2 Å². The van der Waals surface area contributed by atoms with Gasteiger partial charge in [0.15, 0.2) is 6.61 Å². The highest BCUT2D eigenvalue weighted by atomic mass is 35.5. The molecule has 0 bridgehead atoms. The summed E-state index contributed by atoms with van der Waals surface area (Å²) in [6, 6.07) is 5.19. The Morgan fingerprint density at radius 3 is 2.58 bits per heavy atom. The maximum Gasteiger partial charge on any atom is 0.306 e. The van der Waals surface area contributed by atoms with Crippen LogP contribution in [0, 0.1) is 6.92 Å². The van der Waals surface area contributed by atoms with Gasteiger partial charge in [0.05, 0.1) is 6.54 Å². The number of anilines is 1. The number of hydrogen-bond donors (Lipinski definition) is 1. The molecular formula is C17H23ClN2O4. The molecule has 0 saturated carbocycles. The number of nitrogens with one attached hydrogen (secondary N) is 1. The molecule has 0 unspecified atom stereocenters. The normalized spacial score (nSPS) is 10.2. The molecule has 1 aromatic carbocycles. The molecule has 0 aliphatic heterocycles. The van der Waals surface area contributed by atoms with Crippen LogP contribution in [0.25, 0.3) is 0 Å². The van der Waals surface area contributed by atoms with Gasteiger partial charge in [0.1, 0.15) is 0 Å². The van der Waals surface area contributed by atoms with Gasteiger partial charge in [0.25, 0.3) is 5.91 Å². The predicted molar refractivity (Wildman–Crippen MR) is 92.9 cm³/mol. The first-order chi connectivity index (χ1) is 11.4. The minimum absolute atomic E-state index is 0.118. The van der Waals surface area contributed by atoms with Gasteiger partial charge in [-0.25, -0.2) is 0 Å². The van der Waals surface area contributed by atoms with Crippen LogP contribution >= 0.6 is 11.6 Å². The maximum absolute atomic E-state index is 12.1. The summed E-state index contributed by atoms with van der Waals surface area (Å²) in [6.45, 7) is 5.32. The number of likely N-dealkylation sites (N-methyl/N-ethyl adjacent to an activating group) is 1. The third kappa shape index (κ3) is 6.58. The van der Waals surface area contributed by atoms with E-state index in [0.29, 0.717) is 23.7 Å². The largest absolute Gasteiger partial charge is 0.456 e. The summed E-state index contributed by atoms with van der Waals surface area (Å²) in [4.78, 5) is 36.8. The SMILES string of the molecule is CCCC(=O)OCC(=O)N(CC)CC(=O)Nc1cc(Cl)ccc1C. The lowest BCUT2D eigenvalue weighted by atomic mass is 10.2. The number of carbonyl (C=O) groups is 3. The molecule has 0 aliphatic carbocycles. The zero-order chi connectivity index (χ0) is 18.1. The van der Waals surface area contributed by atoms with Crippen LogP contribution in [-0.2, 0) is 19.1 Å². The van der Waals surface area contributed by atoms with Gasteiger partial charge in [-0.15, -0.1) is 0 Å². The van der Waals surface area contributed by atoms with Crippen molar-refractivity contribution in [2.45, 2.75) is 33.6 Å². The molecule has 1 aromatic rings. The van der Waals surface area contributed by atoms with Crippen LogP contribution < -0.4 is 5.32 Å². The molecular weight excluding hydrogens is 332 g/mol. The Morgan fingerprint density at radius 2 is 1.96 bits per heavy atom. The lowest BCUT2D eigenvalue weighted by molar-refractivity contribution is -0.152. The molecule has 1 N–H and O–H groups in total. The lowest BCUT2D eigenvalue weighted by Gasteiger charge is -2.20. The van der Waals surface area contributed by atoms with E-state index in [4.69, 9.17) is 16.3 Å². The lowest BCUT2D eigenvalue weighted by Crippen LogP contribution is -2.40. The molecule has 2 amide bonds. The van der Waals surface area contributed by atoms with Gasteiger partial charge in [-0.3, -0.25) is 14.4 Å². The number of halogens is 1. The summed E-state index contributed by atoms with van der Waals surface area (Å²) < 4.78 is 4.88. The fourth-order valence-corrected chi connectivity index (χ4v) is 2.15. The van der Waals surface area contributed by atoms with Gasteiger partial charge in [-0.1, -0.05) is 24.6 Å². The van der Waals surface area contributed by atoms with Crippen LogP contribution in [0.5, 0.6) is 0 Å². The number of rotatable bonds is 8. The smallest absolute Gasteiger partial charge is 0.306 e. The Morgan fingerprint density at radius 1 is 1.25 bits per heavy atom. The van der Waals surface area contributed by atoms with E-state index in [-0.39, 0.29) is 25.5 Å². The molecule has 7 heteroatoms. The summed E-state index contributed by atoms with van der Waals surface area (Å²) in [5.41, 5.74) is 1.47. The van der Waals surface area contributed by atoms with Crippen LogP contribution in [0.3, 0.4) is 0 Å². The molecule has 0 spiro atoms. The van der Waals surface area contributed by atoms with Crippen molar-refractivity contribution in [2.24, 2.45) is 0 Å². The number of esters is 1. The minimum Gasteiger partial charge on any atom is -0.456 e. The highest BCUT2D eigenvalue weighted by Gasteiger charge is 2.17. The van der Waals surface area contributed by atoms with E-state index in [1.54, 1.807) is 25.1 Å². The average molecular weight is 355 g/mol. The monoisotopic (exact) mass is 354 g/mol. The van der Waals surface area contributed by atoms with Gasteiger partial charge < -0.3 is 15.0 Å². The van der Waals surface area contributed by atoms with Crippen molar-refractivity contribution in [1.82, 2.24) is 4.90 Å². The second kappa shape index (κ2) is 9.93. The molecule has 0 aliphatic rings. The van der Waals surface area contributed by atoms with E-state index in [1.807, 2.05) is 13.8 Å². The molecule has 0 heterocycles. The van der Waals surface area contributed by atoms with Crippen LogP contribution in [-0.4, -0.2) is 42.4 Å². The molecule has 0 fully saturated rings. The van der Waals surface area contributed by atoms with E-state index >= 15 is 0 Å². The highest BCUT2D eigenvalue weighted by Crippen LogP contribution is 2.20. The highest BCUT2D eigenvalue weighted by molar-refractivity contribution is 6.31. The molecule has 132 valence electrons. The quantitative estimate of drug-likeness (QED) is 0.728. The van der Waals surface area contributed by atoms with E-state index in [0.717, 1.165) is 5.56 Å². The number of carbonyl (C=O) groups excluding carboxylic acids is 3. The minimum atomic E-state index is -0.416. The van der Waals surface area contributed by atoms with Crippen LogP contribution in [0.1, 0.15) is 32.3 Å². The zero-order valence-electron chi connectivity index (χ0n) is 14.2. The van der Waals surface area contributed by atoms with Crippen LogP contribution in [0.4, 0.5) is 5.69 Å². The Labute approximate surface area is 147 Å². The van der Waals surface area contributed by atoms with Gasteiger partial charge >= 0.3 is 5.97 Å². The summed E-state index contributed by atoms with van der Waals surface area (Å²) in [5.74, 6) is -1.16. The fraction of sp³-hybridized carbons (Fsp3) is 0.471. The first-order valence-corrected chi connectivity index (χ1v) is 8.24. The van der Waals surface area contributed by atoms with E-state index in [9.17, 15) is 14.4 Å². The number of hydrogen-bond acceptors (Lipinski definition) is 4. The molecule has 0 aromatic heterocycles. The third-order valence-corrected chi connectivity index (χ3v) is 3.59. The van der Waals surface area contributed by atoms with Gasteiger partial charge in [0, 0.05) is 23.7 Å². The molecule has 0 saturated heterocycles. The number of aryl methyl sites for hydroxylation is 1. The van der Waals surface area contributed by atoms with Gasteiger partial charge in [-0.05, 0) is 38.0 Å². The first kappa shape index (κ1) is 20.0. The van der Waals surface area contributed by atoms with E-state index < -0.39 is 11.9 Å². The number of nitrogens with zero attached hydrogens (tertiary/aromatic N) is 1. The molecule has 0 atom stereocenters. The van der Waals surface area contributed by atoms with E-state index in [1.165, 1.54) is 4.90 Å². The van der Waals surface area contributed by atoms with Crippen LogP contribution in [0.2, 0.25) is 5.02 Å². The van der Waals surface area contributed by atoms with Crippen molar-refractivity contribution in [3.63, 3.8) is 0 Å². The Balaban J connectivity index is 2.57. The summed E-state index contributed by atoms with van der Waals surface area (Å²) in [6.07, 6.45) is 0.930. The van der Waals surface area contributed by atoms with Crippen molar-refractivity contribution in [1.29, 1.82) is 0 Å². The zero-order valence-corrected chi connectivity index (χ0v) is 15.0. The number of benzene rings is 1. The van der Waals surface area contributed by atoms with Crippen molar-refractivity contribution in [2.75, 3.05) is 25.0 Å². The van der Waals surface area contributed by atoms with Crippen molar-refractivity contribution >= 4 is 35.1 Å². The summed E-state index contributed by atoms with van der Waals surface area (Å²) in [7, 11) is 0. The fourth-order valence-electron chi connectivity index (χ4n) is 1.98. The van der Waals surface area contributed by atoms with Crippen molar-refractivity contribution < 1.29 is 19.1 Å². The van der Waals surface area contributed by atoms with Crippen molar-refractivity contribution in [3.05, 3.63) is 28.8 Å². The van der Waals surface area contributed by atoms with E-state index in [2.05, 4.69) is 5.32 Å². The maximum atomic E-state index is 12.1. The Kier molecular flexibility index (Phi) is 8.26. The molecule has 1 rings (SSSR count). The third-order valence-electron chi connectivity index (χ3n) is 3.35. The first-order valence-electron chi connectivity index (χ1n) is 7.86. The summed E-state index contributed by atoms with van der Waals surface area (Å²) >= 11 is 5.92. The average Bonchev–Trinajstić information content (AvgIpc) is 2.54. The van der Waals surface area contributed by atoms with Gasteiger partial charge in [0.2, 0.25) is 5.91 Å². The Hall–Kier alpha value is -2.08. The van der Waals surface area contributed by atoms with Gasteiger partial charge in [-0.2, -0.15) is 0 Å². The second-order valence-corrected chi connectivity index (χ2v) is 5.76. The molecule has 24 heavy (non-hydrogen) atoms. The van der Waals surface area contributed by atoms with Crippen molar-refractivity contribution in [3.8, 4) is 0 Å². The predicted octanol–water partition coefficient (Wildman–Crippen LogP) is 2.78. The number of ether oxygens (including phenoxy) is 1. The summed E-state index contributed by atoms with van der Waals surface area (Å²) in [5, 5.41) is 3.25. The topological polar surface area (TPSA) is 75.7 Å². The molecule has 6 nitrogen and oxygen atoms in total. The standard InChI is InChI=1S/C17H23ClN2O4/c1-4-6-17(23)24-11-16(22)20(5-2)10-15(21)19-14-9-13(18)8-7-12(14)3/h7-9H,4-6,10-11H2,1-3H3,(H,19,21). The number of amides is 2.